The third kappa shape index (κ3) is 3.77. The highest BCUT2D eigenvalue weighted by atomic mass is 32.2. The number of nitrogens with zero attached hydrogens (tertiary/aromatic N) is 1. The fraction of sp³-hybridized carbons (Fsp3) is 0.500. The average Bonchev–Trinajstić information content (AvgIpc) is 2.72. The van der Waals surface area contributed by atoms with Crippen LogP contribution in [0.25, 0.3) is 10.9 Å². The fourth-order valence-electron chi connectivity index (χ4n) is 2.20. The van der Waals surface area contributed by atoms with Gasteiger partial charge in [-0.1, -0.05) is 18.2 Å². The molecule has 1 aromatic heterocycles. The summed E-state index contributed by atoms with van der Waals surface area (Å²) in [5, 5.41) is 4.96. The quantitative estimate of drug-likeness (QED) is 0.892. The molecule has 0 radical (unpaired) electrons. The number of aryl methyl sites for hydroxylation is 1. The molecule has 0 spiro atoms. The number of rotatable bonds is 5. The van der Waals surface area contributed by atoms with E-state index in [1.165, 1.54) is 16.5 Å². The minimum Gasteiger partial charge on any atom is -0.346 e. The van der Waals surface area contributed by atoms with Gasteiger partial charge in [0.25, 0.3) is 0 Å². The van der Waals surface area contributed by atoms with Gasteiger partial charge >= 0.3 is 0 Å². The molecule has 0 amide bonds. The summed E-state index contributed by atoms with van der Waals surface area (Å²) >= 11 is 1.90. The Bertz CT molecular complexity index is 537. The Morgan fingerprint density at radius 1 is 1.21 bits per heavy atom. The van der Waals surface area contributed by atoms with Crippen LogP contribution < -0.4 is 5.32 Å². The molecule has 19 heavy (non-hydrogen) atoms. The van der Waals surface area contributed by atoms with Crippen molar-refractivity contribution in [2.75, 3.05) is 12.0 Å². The Morgan fingerprint density at radius 2 is 1.95 bits per heavy atom. The summed E-state index contributed by atoms with van der Waals surface area (Å²) in [7, 11) is 0. The van der Waals surface area contributed by atoms with Gasteiger partial charge in [0.1, 0.15) is 0 Å². The number of fused-ring (bicyclic) bond motifs is 1. The minimum atomic E-state index is 0.155. The number of hydrogen-bond donors (Lipinski definition) is 1. The van der Waals surface area contributed by atoms with Gasteiger partial charge in [0.15, 0.2) is 0 Å². The molecule has 2 aromatic rings. The molecule has 0 saturated heterocycles. The van der Waals surface area contributed by atoms with E-state index in [1.54, 1.807) is 0 Å². The van der Waals surface area contributed by atoms with Gasteiger partial charge in [-0.05, 0) is 38.7 Å². The van der Waals surface area contributed by atoms with Gasteiger partial charge in [-0.3, -0.25) is 0 Å². The summed E-state index contributed by atoms with van der Waals surface area (Å²) in [4.78, 5) is 0. The topological polar surface area (TPSA) is 17.0 Å². The third-order valence-corrected chi connectivity index (χ3v) is 3.81. The molecule has 1 N–H and O–H groups in total. The first-order valence-electron chi connectivity index (χ1n) is 6.82. The second kappa shape index (κ2) is 6.02. The maximum absolute atomic E-state index is 3.58. The lowest BCUT2D eigenvalue weighted by atomic mass is 10.1. The van der Waals surface area contributed by atoms with Crippen LogP contribution >= 0.6 is 11.8 Å². The Morgan fingerprint density at radius 3 is 2.63 bits per heavy atom. The number of nitrogens with one attached hydrogen (secondary N) is 1. The predicted molar refractivity (Wildman–Crippen MR) is 86.9 cm³/mol. The van der Waals surface area contributed by atoms with E-state index in [1.807, 2.05) is 11.8 Å². The van der Waals surface area contributed by atoms with Gasteiger partial charge in [0.05, 0.1) is 0 Å². The second-order valence-corrected chi connectivity index (χ2v) is 6.95. The third-order valence-electron chi connectivity index (χ3n) is 3.22. The Labute approximate surface area is 120 Å². The summed E-state index contributed by atoms with van der Waals surface area (Å²) in [6, 6.07) is 8.70. The molecule has 104 valence electrons. The molecular weight excluding hydrogens is 252 g/mol. The number of aromatic nitrogens is 1. The van der Waals surface area contributed by atoms with Crippen molar-refractivity contribution in [3.8, 4) is 0 Å². The SMILES string of the molecule is CSCCn1cc(CNC(C)(C)C)c2ccccc21. The standard InChI is InChI=1S/C16H24N2S/c1-16(2,3)17-11-13-12-18(9-10-19-4)15-8-6-5-7-14(13)15/h5-8,12,17H,9-11H2,1-4H3. The second-order valence-electron chi connectivity index (χ2n) is 5.96. The summed E-state index contributed by atoms with van der Waals surface area (Å²) < 4.78 is 2.38. The van der Waals surface area contributed by atoms with Crippen LogP contribution in [0.3, 0.4) is 0 Å². The van der Waals surface area contributed by atoms with E-state index in [4.69, 9.17) is 0 Å². The predicted octanol–water partition coefficient (Wildman–Crippen LogP) is 3.89. The van der Waals surface area contributed by atoms with Crippen LogP contribution in [0, 0.1) is 0 Å². The van der Waals surface area contributed by atoms with E-state index in [-0.39, 0.29) is 5.54 Å². The van der Waals surface area contributed by atoms with Crippen molar-refractivity contribution in [3.05, 3.63) is 36.0 Å². The summed E-state index contributed by atoms with van der Waals surface area (Å²) in [5.41, 5.74) is 2.90. The zero-order valence-electron chi connectivity index (χ0n) is 12.4. The van der Waals surface area contributed by atoms with Crippen LogP contribution in [0.2, 0.25) is 0 Å². The van der Waals surface area contributed by atoms with Gasteiger partial charge < -0.3 is 9.88 Å². The van der Waals surface area contributed by atoms with Crippen LogP contribution in [-0.2, 0) is 13.1 Å². The first kappa shape index (κ1) is 14.5. The van der Waals surface area contributed by atoms with E-state index in [0.717, 1.165) is 18.8 Å². The van der Waals surface area contributed by atoms with E-state index in [2.05, 4.69) is 67.4 Å². The Balaban J connectivity index is 2.28. The monoisotopic (exact) mass is 276 g/mol. The van der Waals surface area contributed by atoms with Crippen molar-refractivity contribution in [2.45, 2.75) is 39.4 Å². The van der Waals surface area contributed by atoms with E-state index < -0.39 is 0 Å². The molecule has 0 fully saturated rings. The molecule has 0 aliphatic rings. The van der Waals surface area contributed by atoms with E-state index in [9.17, 15) is 0 Å². The Kier molecular flexibility index (Phi) is 4.58. The smallest absolute Gasteiger partial charge is 0.0483 e. The molecule has 0 aliphatic carbocycles. The van der Waals surface area contributed by atoms with Gasteiger partial charge in [-0.15, -0.1) is 0 Å². The molecule has 2 rings (SSSR count). The van der Waals surface area contributed by atoms with Crippen molar-refractivity contribution in [3.63, 3.8) is 0 Å². The maximum Gasteiger partial charge on any atom is 0.0483 e. The van der Waals surface area contributed by atoms with Gasteiger partial charge in [-0.25, -0.2) is 0 Å². The summed E-state index contributed by atoms with van der Waals surface area (Å²) in [6.45, 7) is 8.63. The summed E-state index contributed by atoms with van der Waals surface area (Å²) in [6.07, 6.45) is 4.47. The average molecular weight is 276 g/mol. The van der Waals surface area contributed by atoms with Crippen LogP contribution in [0.15, 0.2) is 30.5 Å². The van der Waals surface area contributed by atoms with Crippen LogP contribution in [0.1, 0.15) is 26.3 Å². The molecule has 1 aromatic carbocycles. The van der Waals surface area contributed by atoms with E-state index in [0.29, 0.717) is 0 Å². The molecule has 0 atom stereocenters. The van der Waals surface area contributed by atoms with Gasteiger partial charge in [0, 0.05) is 41.5 Å². The molecule has 0 bridgehead atoms. The molecule has 1 heterocycles. The normalized spacial score (nSPS) is 12.2. The van der Waals surface area contributed by atoms with Crippen LogP contribution in [0.5, 0.6) is 0 Å². The van der Waals surface area contributed by atoms with Crippen LogP contribution in [-0.4, -0.2) is 22.1 Å². The van der Waals surface area contributed by atoms with Crippen molar-refractivity contribution in [2.24, 2.45) is 0 Å². The molecule has 3 heteroatoms. The number of benzene rings is 1. The largest absolute Gasteiger partial charge is 0.346 e. The lowest BCUT2D eigenvalue weighted by Gasteiger charge is -2.20. The summed E-state index contributed by atoms with van der Waals surface area (Å²) in [5.74, 6) is 1.16. The zero-order chi connectivity index (χ0) is 13.9. The highest BCUT2D eigenvalue weighted by molar-refractivity contribution is 7.98. The van der Waals surface area contributed by atoms with Crippen molar-refractivity contribution < 1.29 is 0 Å². The number of para-hydroxylation sites is 1. The molecular formula is C16H24N2S. The highest BCUT2D eigenvalue weighted by Gasteiger charge is 2.12. The Hall–Kier alpha value is -0.930. The first-order chi connectivity index (χ1) is 9.01. The number of thioether (sulfide) groups is 1. The highest BCUT2D eigenvalue weighted by Crippen LogP contribution is 2.22. The molecule has 0 aliphatic heterocycles. The zero-order valence-corrected chi connectivity index (χ0v) is 13.2. The van der Waals surface area contributed by atoms with Crippen molar-refractivity contribution in [1.82, 2.24) is 9.88 Å². The van der Waals surface area contributed by atoms with Crippen molar-refractivity contribution >= 4 is 22.7 Å². The van der Waals surface area contributed by atoms with E-state index >= 15 is 0 Å². The van der Waals surface area contributed by atoms with Crippen molar-refractivity contribution in [1.29, 1.82) is 0 Å². The lowest BCUT2D eigenvalue weighted by Crippen LogP contribution is -2.34. The van der Waals surface area contributed by atoms with Crippen LogP contribution in [0.4, 0.5) is 0 Å². The lowest BCUT2D eigenvalue weighted by molar-refractivity contribution is 0.425. The maximum atomic E-state index is 3.58. The molecule has 0 saturated carbocycles. The number of hydrogen-bond acceptors (Lipinski definition) is 2. The van der Waals surface area contributed by atoms with Gasteiger partial charge in [0.2, 0.25) is 0 Å². The minimum absolute atomic E-state index is 0.155. The molecule has 2 nitrogen and oxygen atoms in total. The fourth-order valence-corrected chi connectivity index (χ4v) is 2.58. The first-order valence-corrected chi connectivity index (χ1v) is 8.21. The molecule has 0 unspecified atom stereocenters. The van der Waals surface area contributed by atoms with Gasteiger partial charge in [-0.2, -0.15) is 11.8 Å².